The molecule has 0 unspecified atom stereocenters. The van der Waals surface area contributed by atoms with Crippen molar-refractivity contribution in [3.8, 4) is 0 Å². The van der Waals surface area contributed by atoms with Crippen LogP contribution in [0.4, 0.5) is 5.69 Å². The van der Waals surface area contributed by atoms with Gasteiger partial charge in [-0.3, -0.25) is 0 Å². The molecule has 0 aliphatic carbocycles. The van der Waals surface area contributed by atoms with Gasteiger partial charge >= 0.3 is 0 Å². The van der Waals surface area contributed by atoms with E-state index >= 15 is 0 Å². The summed E-state index contributed by atoms with van der Waals surface area (Å²) in [5, 5.41) is 9.34. The highest BCUT2D eigenvalue weighted by molar-refractivity contribution is 9.10. The SMILES string of the molecule is CC.Nc1cc(Br)c(Cl)cc1CO. The van der Waals surface area contributed by atoms with Crippen molar-refractivity contribution in [2.45, 2.75) is 20.5 Å². The van der Waals surface area contributed by atoms with E-state index in [0.717, 1.165) is 4.47 Å². The molecule has 0 saturated carbocycles. The maximum atomic E-state index is 8.78. The molecule has 3 N–H and O–H groups in total. The van der Waals surface area contributed by atoms with E-state index in [1.54, 1.807) is 12.1 Å². The van der Waals surface area contributed by atoms with Gasteiger partial charge in [0.05, 0.1) is 11.6 Å². The highest BCUT2D eigenvalue weighted by Crippen LogP contribution is 2.27. The van der Waals surface area contributed by atoms with Crippen molar-refractivity contribution in [1.29, 1.82) is 0 Å². The molecule has 0 aromatic heterocycles. The minimum Gasteiger partial charge on any atom is -0.398 e. The number of hydrogen-bond donors (Lipinski definition) is 2. The zero-order chi connectivity index (χ0) is 10.4. The number of halogens is 2. The number of rotatable bonds is 1. The van der Waals surface area contributed by atoms with Crippen LogP contribution in [0.25, 0.3) is 0 Å². The molecular weight excluding hydrogens is 253 g/mol. The molecule has 1 aromatic carbocycles. The van der Waals surface area contributed by atoms with Crippen molar-refractivity contribution in [2.75, 3.05) is 5.73 Å². The third-order valence-electron chi connectivity index (χ3n) is 1.35. The van der Waals surface area contributed by atoms with Crippen LogP contribution in [0.3, 0.4) is 0 Å². The molecule has 0 atom stereocenters. The fourth-order valence-electron chi connectivity index (χ4n) is 0.740. The van der Waals surface area contributed by atoms with Crippen LogP contribution in [0.2, 0.25) is 5.02 Å². The Bertz CT molecular complexity index is 279. The first-order chi connectivity index (χ1) is 6.15. The Labute approximate surface area is 91.8 Å². The quantitative estimate of drug-likeness (QED) is 0.767. The van der Waals surface area contributed by atoms with E-state index in [1.807, 2.05) is 13.8 Å². The molecule has 0 aliphatic heterocycles. The predicted octanol–water partition coefficient (Wildman–Crippen LogP) is 3.20. The predicted molar refractivity (Wildman–Crippen MR) is 60.8 cm³/mol. The van der Waals surface area contributed by atoms with Crippen molar-refractivity contribution in [1.82, 2.24) is 0 Å². The first kappa shape index (κ1) is 12.8. The van der Waals surface area contributed by atoms with Gasteiger partial charge in [-0.05, 0) is 28.1 Å². The zero-order valence-electron chi connectivity index (χ0n) is 7.64. The Morgan fingerprint density at radius 1 is 1.46 bits per heavy atom. The van der Waals surface area contributed by atoms with Crippen molar-refractivity contribution >= 4 is 33.2 Å². The van der Waals surface area contributed by atoms with Gasteiger partial charge in [0.2, 0.25) is 0 Å². The molecule has 0 radical (unpaired) electrons. The molecular formula is C9H13BrClNO. The summed E-state index contributed by atoms with van der Waals surface area (Å²) in [4.78, 5) is 0. The van der Waals surface area contributed by atoms with Crippen LogP contribution < -0.4 is 5.73 Å². The van der Waals surface area contributed by atoms with Crippen LogP contribution in [0, 0.1) is 0 Å². The van der Waals surface area contributed by atoms with Crippen LogP contribution in [0.15, 0.2) is 16.6 Å². The smallest absolute Gasteiger partial charge is 0.0702 e. The maximum Gasteiger partial charge on any atom is 0.0702 e. The van der Waals surface area contributed by atoms with Crippen molar-refractivity contribution in [2.24, 2.45) is 0 Å². The highest BCUT2D eigenvalue weighted by atomic mass is 79.9. The summed E-state index contributed by atoms with van der Waals surface area (Å²) in [5.41, 5.74) is 6.75. The molecule has 0 aliphatic rings. The summed E-state index contributed by atoms with van der Waals surface area (Å²) in [5.74, 6) is 0. The second-order valence-electron chi connectivity index (χ2n) is 2.12. The van der Waals surface area contributed by atoms with E-state index in [-0.39, 0.29) is 6.61 Å². The van der Waals surface area contributed by atoms with Crippen molar-refractivity contribution in [3.63, 3.8) is 0 Å². The molecule has 0 bridgehead atoms. The minimum atomic E-state index is -0.0845. The van der Waals surface area contributed by atoms with E-state index in [4.69, 9.17) is 22.4 Å². The van der Waals surface area contributed by atoms with Gasteiger partial charge in [-0.25, -0.2) is 0 Å². The van der Waals surface area contributed by atoms with Crippen LogP contribution in [-0.4, -0.2) is 5.11 Å². The fraction of sp³-hybridized carbons (Fsp3) is 0.333. The summed E-state index contributed by atoms with van der Waals surface area (Å²) < 4.78 is 0.744. The lowest BCUT2D eigenvalue weighted by atomic mass is 10.2. The lowest BCUT2D eigenvalue weighted by molar-refractivity contribution is 0.282. The number of nitrogens with two attached hydrogens (primary N) is 1. The zero-order valence-corrected chi connectivity index (χ0v) is 9.98. The minimum absolute atomic E-state index is 0.0845. The van der Waals surface area contributed by atoms with E-state index < -0.39 is 0 Å². The summed E-state index contributed by atoms with van der Waals surface area (Å²) in [6, 6.07) is 3.31. The second-order valence-corrected chi connectivity index (χ2v) is 3.38. The maximum absolute atomic E-state index is 8.78. The molecule has 1 rings (SSSR count). The van der Waals surface area contributed by atoms with E-state index in [0.29, 0.717) is 16.3 Å². The van der Waals surface area contributed by atoms with Gasteiger partial charge in [0.15, 0.2) is 0 Å². The van der Waals surface area contributed by atoms with Gasteiger partial charge in [-0.2, -0.15) is 0 Å². The first-order valence-corrected chi connectivity index (χ1v) is 5.16. The van der Waals surface area contributed by atoms with Crippen molar-refractivity contribution < 1.29 is 5.11 Å². The lowest BCUT2D eigenvalue weighted by Gasteiger charge is -2.03. The molecule has 0 fully saturated rings. The largest absolute Gasteiger partial charge is 0.398 e. The number of benzene rings is 1. The van der Waals surface area contributed by atoms with E-state index in [1.165, 1.54) is 0 Å². The van der Waals surface area contributed by atoms with Crippen LogP contribution in [0.1, 0.15) is 19.4 Å². The van der Waals surface area contributed by atoms with Gasteiger partial charge in [-0.15, -0.1) is 0 Å². The molecule has 74 valence electrons. The highest BCUT2D eigenvalue weighted by Gasteiger charge is 2.02. The van der Waals surface area contributed by atoms with Crippen molar-refractivity contribution in [3.05, 3.63) is 27.2 Å². The molecule has 0 amide bonds. The summed E-state index contributed by atoms with van der Waals surface area (Å²) >= 11 is 8.97. The average molecular weight is 267 g/mol. The summed E-state index contributed by atoms with van der Waals surface area (Å²) in [6.45, 7) is 3.92. The summed E-state index contributed by atoms with van der Waals surface area (Å²) in [7, 11) is 0. The molecule has 4 heteroatoms. The number of anilines is 1. The van der Waals surface area contributed by atoms with Crippen LogP contribution in [0.5, 0.6) is 0 Å². The first-order valence-electron chi connectivity index (χ1n) is 3.99. The Hall–Kier alpha value is -0.250. The molecule has 0 spiro atoms. The van der Waals surface area contributed by atoms with Crippen LogP contribution in [-0.2, 0) is 6.61 Å². The van der Waals surface area contributed by atoms with Gasteiger partial charge in [0.1, 0.15) is 0 Å². The van der Waals surface area contributed by atoms with Gasteiger partial charge in [0.25, 0.3) is 0 Å². The Kier molecular flexibility index (Phi) is 6.12. The standard InChI is InChI=1S/C7H7BrClNO.C2H6/c8-5-2-7(10)4(3-11)1-6(5)9;1-2/h1-2,11H,3,10H2;1-2H3. The fourth-order valence-corrected chi connectivity index (χ4v) is 1.29. The Morgan fingerprint density at radius 2 is 2.00 bits per heavy atom. The van der Waals surface area contributed by atoms with E-state index in [9.17, 15) is 0 Å². The van der Waals surface area contributed by atoms with Gasteiger partial charge in [0, 0.05) is 15.7 Å². The Morgan fingerprint density at radius 3 is 2.46 bits per heavy atom. The topological polar surface area (TPSA) is 46.2 Å². The molecule has 1 aromatic rings. The average Bonchev–Trinajstić information content (AvgIpc) is 2.15. The molecule has 0 heterocycles. The monoisotopic (exact) mass is 265 g/mol. The lowest BCUT2D eigenvalue weighted by Crippen LogP contribution is -1.93. The van der Waals surface area contributed by atoms with Gasteiger partial charge in [-0.1, -0.05) is 25.4 Å². The number of aliphatic hydroxyl groups excluding tert-OH is 1. The molecule has 13 heavy (non-hydrogen) atoms. The number of aliphatic hydroxyl groups is 1. The molecule has 0 saturated heterocycles. The molecule has 2 nitrogen and oxygen atoms in total. The normalized spacial score (nSPS) is 9.00. The van der Waals surface area contributed by atoms with Gasteiger partial charge < -0.3 is 10.8 Å². The number of hydrogen-bond acceptors (Lipinski definition) is 2. The third kappa shape index (κ3) is 3.55. The van der Waals surface area contributed by atoms with Crippen LogP contribution >= 0.6 is 27.5 Å². The second kappa shape index (κ2) is 6.24. The third-order valence-corrected chi connectivity index (χ3v) is 2.55. The Balaban J connectivity index is 0.000000671. The van der Waals surface area contributed by atoms with E-state index in [2.05, 4.69) is 15.9 Å². The number of nitrogen functional groups attached to an aromatic ring is 1. The summed E-state index contributed by atoms with van der Waals surface area (Å²) in [6.07, 6.45) is 0.